The summed E-state index contributed by atoms with van der Waals surface area (Å²) in [4.78, 5) is 26.1. The molecule has 56 heavy (non-hydrogen) atoms. The second-order valence-corrected chi connectivity index (χ2v) is 18.5. The van der Waals surface area contributed by atoms with Crippen LogP contribution in [0.15, 0.2) is 53.9 Å². The van der Waals surface area contributed by atoms with E-state index in [1.165, 1.54) is 11.3 Å². The number of aliphatic hydroxyl groups is 3. The molecule has 2 aromatic carbocycles. The molecule has 3 saturated carbocycles. The highest BCUT2D eigenvalue weighted by Gasteiger charge is 2.57. The molecule has 0 spiro atoms. The van der Waals surface area contributed by atoms with Gasteiger partial charge in [0.2, 0.25) is 5.91 Å². The number of hydrogen-bond donors (Lipinski definition) is 5. The van der Waals surface area contributed by atoms with Gasteiger partial charge in [-0.2, -0.15) is 5.06 Å². The van der Waals surface area contributed by atoms with Crippen molar-refractivity contribution in [1.82, 2.24) is 20.6 Å². The van der Waals surface area contributed by atoms with Gasteiger partial charge in [0.1, 0.15) is 24.1 Å². The summed E-state index contributed by atoms with van der Waals surface area (Å²) in [5, 5.41) is 43.7. The molecule has 1 unspecified atom stereocenters. The maximum atomic E-state index is 14.4. The summed E-state index contributed by atoms with van der Waals surface area (Å²) in [6, 6.07) is 15.5. The van der Waals surface area contributed by atoms with Gasteiger partial charge >= 0.3 is 0 Å². The van der Waals surface area contributed by atoms with Gasteiger partial charge in [-0.05, 0) is 111 Å². The van der Waals surface area contributed by atoms with Crippen LogP contribution < -0.4 is 20.3 Å². The Balaban J connectivity index is 1.30. The summed E-state index contributed by atoms with van der Waals surface area (Å²) in [5.74, 6) is 1.31. The number of rotatable bonds is 17. The summed E-state index contributed by atoms with van der Waals surface area (Å²) >= 11 is 1.72. The van der Waals surface area contributed by atoms with Crippen molar-refractivity contribution < 1.29 is 29.7 Å². The Morgan fingerprint density at radius 2 is 1.88 bits per heavy atom. The van der Waals surface area contributed by atoms with Gasteiger partial charge in [0, 0.05) is 60.3 Å². The number of amides is 1. The smallest absolute Gasteiger partial charge is 0.240 e. The van der Waals surface area contributed by atoms with E-state index in [9.17, 15) is 20.1 Å². The molecule has 10 atom stereocenters. The monoisotopic (exact) mass is 791 g/mol. The lowest BCUT2D eigenvalue weighted by atomic mass is 9.45. The number of para-hydroxylation sites is 1. The highest BCUT2D eigenvalue weighted by Crippen LogP contribution is 2.61. The first-order chi connectivity index (χ1) is 26.6. The number of carbonyl (C=O) groups is 1. The number of hydrogen-bond acceptors (Lipinski definition) is 11. The van der Waals surface area contributed by atoms with Crippen LogP contribution in [0.1, 0.15) is 69.7 Å². The number of carbonyl (C=O) groups excluding carboxylic acids is 1. The Labute approximate surface area is 337 Å². The second-order valence-electron chi connectivity index (χ2n) is 17.5. The van der Waals surface area contributed by atoms with Crippen molar-refractivity contribution in [1.29, 1.82) is 0 Å². The molecule has 4 fully saturated rings. The first-order valence-electron chi connectivity index (χ1n) is 20.3. The number of benzene rings is 2. The molecule has 5 N–H and O–H groups in total. The van der Waals surface area contributed by atoms with Crippen molar-refractivity contribution in [3.8, 4) is 16.9 Å². The number of ether oxygens (including phenoxy) is 1. The van der Waals surface area contributed by atoms with E-state index in [0.29, 0.717) is 30.1 Å². The fraction of sp³-hybridized carbons (Fsp3) is 0.614. The van der Waals surface area contributed by atoms with Crippen LogP contribution in [0.3, 0.4) is 0 Å². The highest BCUT2D eigenvalue weighted by atomic mass is 32.1. The van der Waals surface area contributed by atoms with Gasteiger partial charge in [0.15, 0.2) is 0 Å². The zero-order valence-electron chi connectivity index (χ0n) is 34.7. The average Bonchev–Trinajstić information content (AvgIpc) is 3.80. The van der Waals surface area contributed by atoms with Crippen LogP contribution in [0.25, 0.3) is 11.1 Å². The van der Waals surface area contributed by atoms with E-state index in [0.717, 1.165) is 47.3 Å². The van der Waals surface area contributed by atoms with Crippen molar-refractivity contribution >= 4 is 22.9 Å². The first kappa shape index (κ1) is 42.5. The minimum Gasteiger partial charge on any atom is -0.493 e. The van der Waals surface area contributed by atoms with Crippen molar-refractivity contribution in [2.75, 3.05) is 52.8 Å². The maximum Gasteiger partial charge on any atom is 0.240 e. The van der Waals surface area contributed by atoms with E-state index in [-0.39, 0.29) is 36.6 Å². The molecule has 11 nitrogen and oxygen atoms in total. The molecule has 12 heteroatoms. The van der Waals surface area contributed by atoms with E-state index < -0.39 is 30.4 Å². The summed E-state index contributed by atoms with van der Waals surface area (Å²) < 4.78 is 6.42. The number of likely N-dealkylation sites (N-methyl/N-ethyl adjacent to an activating group) is 1. The molecule has 2 bridgehead atoms. The lowest BCUT2D eigenvalue weighted by Crippen LogP contribution is -2.62. The molecular formula is C44H65N5O6S. The van der Waals surface area contributed by atoms with Crippen LogP contribution in [0, 0.1) is 29.1 Å². The van der Waals surface area contributed by atoms with Gasteiger partial charge in [0.25, 0.3) is 0 Å². The molecule has 1 aromatic heterocycles. The van der Waals surface area contributed by atoms with Crippen LogP contribution in [0.4, 0.5) is 5.69 Å². The third-order valence-electron chi connectivity index (χ3n) is 12.9. The zero-order chi connectivity index (χ0) is 40.5. The SMILES string of the molecule is CCOc1c(CN2O[C@@H](CO)[C@@H]([C@H](C)O)[C@H]2C(=O)N[C@H]2C[C@@H]3C[C@H]([C@@H]2C)C3(C)C)cccc1-c1cc(C(O)N[C@@H](Cc2cccs2)CN(C)C)cc(N(C)C)c1. The minimum atomic E-state index is -0.925. The number of hydroxylamine groups is 2. The quantitative estimate of drug-likeness (QED) is 0.115. The Hall–Kier alpha value is -3.07. The molecule has 1 amide bonds. The molecule has 0 radical (unpaired) electrons. The van der Waals surface area contributed by atoms with E-state index in [4.69, 9.17) is 9.57 Å². The average molecular weight is 792 g/mol. The van der Waals surface area contributed by atoms with Crippen molar-refractivity contribution in [3.63, 3.8) is 0 Å². The van der Waals surface area contributed by atoms with Crippen LogP contribution in [0.2, 0.25) is 0 Å². The molecule has 3 aliphatic carbocycles. The molecule has 1 saturated heterocycles. The number of nitrogens with zero attached hydrogens (tertiary/aromatic N) is 3. The molecule has 2 heterocycles. The first-order valence-corrected chi connectivity index (χ1v) is 21.2. The fourth-order valence-corrected chi connectivity index (χ4v) is 10.5. The Kier molecular flexibility index (Phi) is 13.5. The van der Waals surface area contributed by atoms with E-state index in [2.05, 4.69) is 59.9 Å². The van der Waals surface area contributed by atoms with E-state index in [1.807, 2.05) is 70.3 Å². The predicted molar refractivity (Wildman–Crippen MR) is 223 cm³/mol. The third-order valence-corrected chi connectivity index (χ3v) is 13.8. The largest absolute Gasteiger partial charge is 0.493 e. The van der Waals surface area contributed by atoms with Gasteiger partial charge in [-0.3, -0.25) is 14.9 Å². The van der Waals surface area contributed by atoms with Gasteiger partial charge in [-0.1, -0.05) is 45.0 Å². The summed E-state index contributed by atoms with van der Waals surface area (Å²) in [7, 11) is 8.05. The van der Waals surface area contributed by atoms with Gasteiger partial charge < -0.3 is 35.2 Å². The molecule has 1 aliphatic heterocycles. The number of nitrogens with one attached hydrogen (secondary N) is 2. The topological polar surface area (TPSA) is 130 Å². The highest BCUT2D eigenvalue weighted by molar-refractivity contribution is 7.09. The van der Waals surface area contributed by atoms with Crippen LogP contribution in [-0.4, -0.2) is 109 Å². The van der Waals surface area contributed by atoms with Crippen molar-refractivity contribution in [2.45, 2.75) is 97.0 Å². The molecule has 308 valence electrons. The number of thiophene rings is 1. The summed E-state index contributed by atoms with van der Waals surface area (Å²) in [6.07, 6.45) is 0.382. The molecular weight excluding hydrogens is 727 g/mol. The lowest BCUT2D eigenvalue weighted by Gasteiger charge is -2.62. The zero-order valence-corrected chi connectivity index (χ0v) is 35.6. The molecule has 7 rings (SSSR count). The second kappa shape index (κ2) is 17.8. The van der Waals surface area contributed by atoms with Crippen molar-refractivity contribution in [2.24, 2.45) is 29.1 Å². The lowest BCUT2D eigenvalue weighted by molar-refractivity contribution is -0.183. The predicted octanol–water partition coefficient (Wildman–Crippen LogP) is 5.29. The number of fused-ring (bicyclic) bond motifs is 2. The van der Waals surface area contributed by atoms with Crippen LogP contribution in [-0.2, 0) is 22.6 Å². The Morgan fingerprint density at radius 3 is 2.48 bits per heavy atom. The standard InChI is InChI=1S/C44H65N5O6S/c1-10-54-41-28(23-49-40(39(27(3)51)38(25-50)55-49)43(53)46-37-21-31-20-36(26(37)2)44(31,4)5)13-11-15-35(41)29-17-30(19-33(18-29)48(8)9)42(52)45-32(24-47(6)7)22-34-14-12-16-56-34/h11-19,26-27,31-32,36-40,42,45,50-52H,10,20-25H2,1-9H3,(H,46,53)/t26-,27-,31-,32-,36+,37-,38-,39+,40-,42?/m0/s1. The van der Waals surface area contributed by atoms with Crippen LogP contribution in [0.5, 0.6) is 5.75 Å². The van der Waals surface area contributed by atoms with E-state index >= 15 is 0 Å². The van der Waals surface area contributed by atoms with Gasteiger partial charge in [0.05, 0.1) is 25.9 Å². The van der Waals surface area contributed by atoms with Gasteiger partial charge in [-0.15, -0.1) is 11.3 Å². The van der Waals surface area contributed by atoms with Gasteiger partial charge in [-0.25, -0.2) is 0 Å². The minimum absolute atomic E-state index is 0.0186. The number of aliphatic hydroxyl groups excluding tert-OH is 3. The van der Waals surface area contributed by atoms with Crippen LogP contribution >= 0.6 is 11.3 Å². The normalized spacial score (nSPS) is 27.4. The maximum absolute atomic E-state index is 14.4. The van der Waals surface area contributed by atoms with Crippen molar-refractivity contribution in [3.05, 3.63) is 69.9 Å². The number of anilines is 1. The molecule has 4 aliphatic rings. The summed E-state index contributed by atoms with van der Waals surface area (Å²) in [6.45, 7) is 11.6. The Bertz CT molecular complexity index is 1770. The Morgan fingerprint density at radius 1 is 1.11 bits per heavy atom. The summed E-state index contributed by atoms with van der Waals surface area (Å²) in [5.41, 5.74) is 4.46. The fourth-order valence-electron chi connectivity index (χ4n) is 9.72. The van der Waals surface area contributed by atoms with E-state index in [1.54, 1.807) is 23.3 Å². The third kappa shape index (κ3) is 8.98. The molecule has 3 aromatic rings.